The Morgan fingerprint density at radius 1 is 0.917 bits per heavy atom. The lowest BCUT2D eigenvalue weighted by molar-refractivity contribution is 0.474. The van der Waals surface area contributed by atoms with Gasteiger partial charge in [-0.2, -0.15) is 0 Å². The standard InChI is InChI=1S/C21H24N2O/c1-5-18(15-9-7-6-8-10-15)20-23-22-19(24-20)16-11-13-17(14-12-16)21(2,3)4/h6-14,18H,5H2,1-4H3. The highest BCUT2D eigenvalue weighted by Gasteiger charge is 2.20. The smallest absolute Gasteiger partial charge is 0.247 e. The normalized spacial score (nSPS) is 13.0. The third-order valence-electron chi connectivity index (χ3n) is 4.35. The highest BCUT2D eigenvalue weighted by atomic mass is 16.4. The second-order valence-corrected chi connectivity index (χ2v) is 7.14. The van der Waals surface area contributed by atoms with E-state index in [0.29, 0.717) is 11.8 Å². The van der Waals surface area contributed by atoms with Gasteiger partial charge in [-0.05, 0) is 35.1 Å². The van der Waals surface area contributed by atoms with Gasteiger partial charge in [0.1, 0.15) is 0 Å². The number of hydrogen-bond acceptors (Lipinski definition) is 3. The molecule has 3 heteroatoms. The van der Waals surface area contributed by atoms with Gasteiger partial charge in [-0.25, -0.2) is 0 Å². The van der Waals surface area contributed by atoms with Crippen molar-refractivity contribution in [1.29, 1.82) is 0 Å². The van der Waals surface area contributed by atoms with E-state index >= 15 is 0 Å². The van der Waals surface area contributed by atoms with Crippen LogP contribution in [-0.2, 0) is 5.41 Å². The van der Waals surface area contributed by atoms with Crippen LogP contribution < -0.4 is 0 Å². The molecule has 0 spiro atoms. The van der Waals surface area contributed by atoms with Crippen LogP contribution in [0.15, 0.2) is 59.0 Å². The summed E-state index contributed by atoms with van der Waals surface area (Å²) in [6.45, 7) is 8.76. The molecule has 1 atom stereocenters. The average Bonchev–Trinajstić information content (AvgIpc) is 3.06. The molecule has 24 heavy (non-hydrogen) atoms. The van der Waals surface area contributed by atoms with Crippen LogP contribution in [0.4, 0.5) is 0 Å². The number of rotatable bonds is 4. The molecule has 1 aromatic heterocycles. The van der Waals surface area contributed by atoms with Gasteiger partial charge in [0.15, 0.2) is 0 Å². The third kappa shape index (κ3) is 3.40. The maximum atomic E-state index is 5.98. The first-order chi connectivity index (χ1) is 11.5. The van der Waals surface area contributed by atoms with Gasteiger partial charge in [0.05, 0.1) is 5.92 Å². The summed E-state index contributed by atoms with van der Waals surface area (Å²) >= 11 is 0. The summed E-state index contributed by atoms with van der Waals surface area (Å²) in [5, 5.41) is 8.55. The zero-order valence-electron chi connectivity index (χ0n) is 14.8. The quantitative estimate of drug-likeness (QED) is 0.630. The Hall–Kier alpha value is -2.42. The highest BCUT2D eigenvalue weighted by Crippen LogP contribution is 2.30. The molecule has 0 aliphatic heterocycles. The van der Waals surface area contributed by atoms with E-state index in [-0.39, 0.29) is 11.3 Å². The molecule has 0 amide bonds. The summed E-state index contributed by atoms with van der Waals surface area (Å²) in [5.41, 5.74) is 3.60. The monoisotopic (exact) mass is 320 g/mol. The molecular weight excluding hydrogens is 296 g/mol. The Bertz CT molecular complexity index is 783. The molecule has 3 nitrogen and oxygen atoms in total. The molecule has 3 rings (SSSR count). The average molecular weight is 320 g/mol. The number of aromatic nitrogens is 2. The molecule has 1 heterocycles. The lowest BCUT2D eigenvalue weighted by atomic mass is 9.87. The van der Waals surface area contributed by atoms with Gasteiger partial charge in [0, 0.05) is 5.56 Å². The van der Waals surface area contributed by atoms with Crippen LogP contribution in [0.1, 0.15) is 57.1 Å². The fourth-order valence-corrected chi connectivity index (χ4v) is 2.84. The Balaban J connectivity index is 1.87. The predicted octanol–water partition coefficient (Wildman–Crippen LogP) is 5.58. The van der Waals surface area contributed by atoms with Gasteiger partial charge in [0.25, 0.3) is 0 Å². The Kier molecular flexibility index (Phi) is 4.52. The molecule has 0 saturated heterocycles. The van der Waals surface area contributed by atoms with E-state index in [1.54, 1.807) is 0 Å². The molecule has 124 valence electrons. The molecule has 0 fully saturated rings. The highest BCUT2D eigenvalue weighted by molar-refractivity contribution is 5.53. The molecule has 2 aromatic carbocycles. The van der Waals surface area contributed by atoms with E-state index in [1.807, 2.05) is 18.2 Å². The lowest BCUT2D eigenvalue weighted by Gasteiger charge is -2.18. The predicted molar refractivity (Wildman–Crippen MR) is 97.0 cm³/mol. The van der Waals surface area contributed by atoms with Gasteiger partial charge in [-0.1, -0.05) is 70.2 Å². The second-order valence-electron chi connectivity index (χ2n) is 7.14. The molecule has 0 radical (unpaired) electrons. The summed E-state index contributed by atoms with van der Waals surface area (Å²) in [4.78, 5) is 0. The van der Waals surface area contributed by atoms with Gasteiger partial charge in [-0.3, -0.25) is 0 Å². The van der Waals surface area contributed by atoms with Crippen LogP contribution in [-0.4, -0.2) is 10.2 Å². The summed E-state index contributed by atoms with van der Waals surface area (Å²) in [6.07, 6.45) is 0.925. The maximum Gasteiger partial charge on any atom is 0.247 e. The van der Waals surface area contributed by atoms with E-state index in [2.05, 4.69) is 74.3 Å². The Morgan fingerprint density at radius 2 is 1.58 bits per heavy atom. The van der Waals surface area contributed by atoms with Crippen molar-refractivity contribution in [3.63, 3.8) is 0 Å². The maximum absolute atomic E-state index is 5.98. The van der Waals surface area contributed by atoms with Crippen molar-refractivity contribution in [2.75, 3.05) is 0 Å². The molecular formula is C21H24N2O. The number of nitrogens with zero attached hydrogens (tertiary/aromatic N) is 2. The van der Waals surface area contributed by atoms with E-state index in [1.165, 1.54) is 11.1 Å². The minimum absolute atomic E-state index is 0.138. The molecule has 0 aliphatic carbocycles. The first-order valence-electron chi connectivity index (χ1n) is 8.48. The van der Waals surface area contributed by atoms with E-state index < -0.39 is 0 Å². The van der Waals surface area contributed by atoms with Gasteiger partial charge in [0.2, 0.25) is 11.8 Å². The van der Waals surface area contributed by atoms with E-state index in [4.69, 9.17) is 4.42 Å². The summed E-state index contributed by atoms with van der Waals surface area (Å²) in [5.74, 6) is 1.40. The number of benzene rings is 2. The van der Waals surface area contributed by atoms with Crippen LogP contribution in [0, 0.1) is 0 Å². The van der Waals surface area contributed by atoms with Crippen LogP contribution in [0.25, 0.3) is 11.5 Å². The van der Waals surface area contributed by atoms with E-state index in [9.17, 15) is 0 Å². The van der Waals surface area contributed by atoms with Crippen LogP contribution in [0.5, 0.6) is 0 Å². The first-order valence-corrected chi connectivity index (χ1v) is 8.48. The molecule has 3 aromatic rings. The zero-order chi connectivity index (χ0) is 17.2. The molecule has 0 N–H and O–H groups in total. The van der Waals surface area contributed by atoms with Crippen LogP contribution in [0.3, 0.4) is 0 Å². The minimum atomic E-state index is 0.138. The first kappa shape index (κ1) is 16.4. The summed E-state index contributed by atoms with van der Waals surface area (Å²) < 4.78 is 5.98. The largest absolute Gasteiger partial charge is 0.420 e. The SMILES string of the molecule is CCC(c1ccccc1)c1nnc(-c2ccc(C(C)(C)C)cc2)o1. The van der Waals surface area contributed by atoms with Gasteiger partial charge < -0.3 is 4.42 Å². The molecule has 0 aliphatic rings. The molecule has 0 bridgehead atoms. The Labute approximate surface area is 143 Å². The number of hydrogen-bond donors (Lipinski definition) is 0. The van der Waals surface area contributed by atoms with Crippen molar-refractivity contribution in [3.8, 4) is 11.5 Å². The minimum Gasteiger partial charge on any atom is -0.420 e. The second kappa shape index (κ2) is 6.60. The van der Waals surface area contributed by atoms with Crippen LogP contribution in [0.2, 0.25) is 0 Å². The molecule has 1 unspecified atom stereocenters. The third-order valence-corrected chi connectivity index (χ3v) is 4.35. The van der Waals surface area contributed by atoms with Crippen molar-refractivity contribution in [2.24, 2.45) is 0 Å². The fraction of sp³-hybridized carbons (Fsp3) is 0.333. The van der Waals surface area contributed by atoms with E-state index in [0.717, 1.165) is 12.0 Å². The van der Waals surface area contributed by atoms with Crippen molar-refractivity contribution in [2.45, 2.75) is 45.4 Å². The zero-order valence-corrected chi connectivity index (χ0v) is 14.8. The van der Waals surface area contributed by atoms with Crippen molar-refractivity contribution < 1.29 is 4.42 Å². The Morgan fingerprint density at radius 3 is 2.17 bits per heavy atom. The molecule has 0 saturated carbocycles. The lowest BCUT2D eigenvalue weighted by Crippen LogP contribution is -2.10. The summed E-state index contributed by atoms with van der Waals surface area (Å²) in [7, 11) is 0. The fourth-order valence-electron chi connectivity index (χ4n) is 2.84. The van der Waals surface area contributed by atoms with Crippen molar-refractivity contribution in [1.82, 2.24) is 10.2 Å². The topological polar surface area (TPSA) is 38.9 Å². The van der Waals surface area contributed by atoms with Crippen molar-refractivity contribution in [3.05, 3.63) is 71.6 Å². The van der Waals surface area contributed by atoms with Gasteiger partial charge >= 0.3 is 0 Å². The van der Waals surface area contributed by atoms with Gasteiger partial charge in [-0.15, -0.1) is 10.2 Å². The van der Waals surface area contributed by atoms with Crippen molar-refractivity contribution >= 4 is 0 Å². The summed E-state index contributed by atoms with van der Waals surface area (Å²) in [6, 6.07) is 18.7. The van der Waals surface area contributed by atoms with Crippen LogP contribution >= 0.6 is 0 Å².